The van der Waals surface area contributed by atoms with Gasteiger partial charge in [-0.15, -0.1) is 11.3 Å². The molecule has 3 rings (SSSR count). The van der Waals surface area contributed by atoms with Crippen LogP contribution in [0.4, 0.5) is 5.82 Å². The number of thiazole rings is 1. The van der Waals surface area contributed by atoms with Crippen molar-refractivity contribution in [2.24, 2.45) is 0 Å². The summed E-state index contributed by atoms with van der Waals surface area (Å²) < 4.78 is 0. The van der Waals surface area contributed by atoms with Gasteiger partial charge in [0, 0.05) is 10.4 Å². The second kappa shape index (κ2) is 5.09. The van der Waals surface area contributed by atoms with E-state index in [0.29, 0.717) is 11.7 Å². The Balaban J connectivity index is 2.15. The summed E-state index contributed by atoms with van der Waals surface area (Å²) in [6, 6.07) is 10.3. The normalized spacial score (nSPS) is 11.2. The molecule has 4 nitrogen and oxygen atoms in total. The second-order valence-corrected chi connectivity index (χ2v) is 5.98. The quantitative estimate of drug-likeness (QED) is 0.766. The predicted molar refractivity (Wildman–Crippen MR) is 83.6 cm³/mol. The second-order valence-electron chi connectivity index (χ2n) is 4.95. The first kappa shape index (κ1) is 12.9. The zero-order valence-corrected chi connectivity index (χ0v) is 12.2. The molecule has 2 heterocycles. The number of benzene rings is 1. The first-order valence-electron chi connectivity index (χ1n) is 6.52. The van der Waals surface area contributed by atoms with Crippen molar-refractivity contribution in [1.82, 2.24) is 15.2 Å². The molecule has 3 N–H and O–H groups in total. The van der Waals surface area contributed by atoms with E-state index in [9.17, 15) is 0 Å². The van der Waals surface area contributed by atoms with E-state index in [4.69, 9.17) is 10.7 Å². The van der Waals surface area contributed by atoms with Crippen molar-refractivity contribution >= 4 is 17.2 Å². The molecular formula is C15H16N4S. The molecule has 0 saturated carbocycles. The van der Waals surface area contributed by atoms with Crippen LogP contribution in [-0.4, -0.2) is 15.2 Å². The Morgan fingerprint density at radius 3 is 2.55 bits per heavy atom. The SMILES string of the molecule is CC(C)c1sc(-c2cn[nH]c2N)nc1-c1ccccc1. The average Bonchev–Trinajstić information content (AvgIpc) is 3.05. The van der Waals surface area contributed by atoms with Crippen LogP contribution in [0.15, 0.2) is 36.5 Å². The summed E-state index contributed by atoms with van der Waals surface area (Å²) in [5.41, 5.74) is 8.95. The largest absolute Gasteiger partial charge is 0.383 e. The van der Waals surface area contributed by atoms with Gasteiger partial charge < -0.3 is 5.73 Å². The van der Waals surface area contributed by atoms with E-state index in [2.05, 4.69) is 36.2 Å². The third kappa shape index (κ3) is 2.20. The van der Waals surface area contributed by atoms with Gasteiger partial charge in [0.25, 0.3) is 0 Å². The number of nitrogens with zero attached hydrogens (tertiary/aromatic N) is 2. The molecule has 0 unspecified atom stereocenters. The smallest absolute Gasteiger partial charge is 0.129 e. The Bertz CT molecular complexity index is 713. The van der Waals surface area contributed by atoms with Crippen molar-refractivity contribution in [2.75, 3.05) is 5.73 Å². The molecule has 0 spiro atoms. The van der Waals surface area contributed by atoms with Gasteiger partial charge in [-0.1, -0.05) is 44.2 Å². The highest BCUT2D eigenvalue weighted by Gasteiger charge is 2.18. The van der Waals surface area contributed by atoms with Crippen LogP contribution in [0.5, 0.6) is 0 Å². The molecule has 2 aromatic heterocycles. The fourth-order valence-electron chi connectivity index (χ4n) is 2.11. The van der Waals surface area contributed by atoms with E-state index in [1.807, 2.05) is 18.2 Å². The topological polar surface area (TPSA) is 67.6 Å². The van der Waals surface area contributed by atoms with Crippen molar-refractivity contribution in [3.63, 3.8) is 0 Å². The van der Waals surface area contributed by atoms with Gasteiger partial charge in [-0.3, -0.25) is 5.10 Å². The lowest BCUT2D eigenvalue weighted by Gasteiger charge is -2.04. The Morgan fingerprint density at radius 1 is 1.20 bits per heavy atom. The lowest BCUT2D eigenvalue weighted by Crippen LogP contribution is -1.88. The highest BCUT2D eigenvalue weighted by atomic mass is 32.1. The van der Waals surface area contributed by atoms with E-state index in [0.717, 1.165) is 21.8 Å². The van der Waals surface area contributed by atoms with Crippen LogP contribution < -0.4 is 5.73 Å². The van der Waals surface area contributed by atoms with Crippen LogP contribution in [0.25, 0.3) is 21.8 Å². The van der Waals surface area contributed by atoms with E-state index in [1.165, 1.54) is 4.88 Å². The molecule has 102 valence electrons. The highest BCUT2D eigenvalue weighted by Crippen LogP contribution is 2.38. The molecule has 0 aliphatic heterocycles. The molecule has 0 amide bonds. The first-order chi connectivity index (χ1) is 9.66. The molecule has 0 saturated heterocycles. The third-order valence-corrected chi connectivity index (χ3v) is 4.51. The summed E-state index contributed by atoms with van der Waals surface area (Å²) >= 11 is 1.68. The molecule has 0 fully saturated rings. The standard InChI is InChI=1S/C15H16N4S/c1-9(2)13-12(10-6-4-3-5-7-10)18-15(20-13)11-8-17-19-14(11)16/h3-9H,1-2H3,(H3,16,17,19). The van der Waals surface area contributed by atoms with Crippen molar-refractivity contribution < 1.29 is 0 Å². The van der Waals surface area contributed by atoms with Crippen LogP contribution in [-0.2, 0) is 0 Å². The van der Waals surface area contributed by atoms with Crippen LogP contribution in [0.1, 0.15) is 24.6 Å². The van der Waals surface area contributed by atoms with E-state index in [-0.39, 0.29) is 0 Å². The summed E-state index contributed by atoms with van der Waals surface area (Å²) in [7, 11) is 0. The predicted octanol–water partition coefficient (Wildman–Crippen LogP) is 3.91. The van der Waals surface area contributed by atoms with Gasteiger partial charge in [-0.25, -0.2) is 4.98 Å². The Labute approximate surface area is 121 Å². The van der Waals surface area contributed by atoms with Crippen molar-refractivity contribution in [1.29, 1.82) is 0 Å². The summed E-state index contributed by atoms with van der Waals surface area (Å²) in [6.45, 7) is 4.37. The number of nitrogens with two attached hydrogens (primary N) is 1. The molecule has 3 aromatic rings. The number of hydrogen-bond acceptors (Lipinski definition) is 4. The van der Waals surface area contributed by atoms with Gasteiger partial charge in [-0.05, 0) is 5.92 Å². The summed E-state index contributed by atoms with van der Waals surface area (Å²) in [5.74, 6) is 0.984. The Morgan fingerprint density at radius 2 is 1.95 bits per heavy atom. The number of nitrogens with one attached hydrogen (secondary N) is 1. The van der Waals surface area contributed by atoms with Crippen molar-refractivity contribution in [3.8, 4) is 21.8 Å². The van der Waals surface area contributed by atoms with Crippen molar-refractivity contribution in [2.45, 2.75) is 19.8 Å². The minimum absolute atomic E-state index is 0.421. The van der Waals surface area contributed by atoms with E-state index >= 15 is 0 Å². The van der Waals surface area contributed by atoms with Crippen LogP contribution >= 0.6 is 11.3 Å². The first-order valence-corrected chi connectivity index (χ1v) is 7.34. The molecule has 0 bridgehead atoms. The number of H-pyrrole nitrogens is 1. The van der Waals surface area contributed by atoms with Gasteiger partial charge >= 0.3 is 0 Å². The van der Waals surface area contributed by atoms with Crippen LogP contribution in [0.3, 0.4) is 0 Å². The number of nitrogen functional groups attached to an aromatic ring is 1. The molecular weight excluding hydrogens is 268 g/mol. The zero-order valence-electron chi connectivity index (χ0n) is 11.4. The molecule has 0 radical (unpaired) electrons. The maximum absolute atomic E-state index is 5.90. The Hall–Kier alpha value is -2.14. The Kier molecular flexibility index (Phi) is 3.28. The maximum Gasteiger partial charge on any atom is 0.129 e. The lowest BCUT2D eigenvalue weighted by atomic mass is 10.1. The molecule has 0 aliphatic carbocycles. The van der Waals surface area contributed by atoms with Gasteiger partial charge in [0.05, 0.1) is 17.5 Å². The van der Waals surface area contributed by atoms with Gasteiger partial charge in [-0.2, -0.15) is 5.10 Å². The number of anilines is 1. The lowest BCUT2D eigenvalue weighted by molar-refractivity contribution is 0.888. The van der Waals surface area contributed by atoms with E-state index in [1.54, 1.807) is 17.5 Å². The molecule has 5 heteroatoms. The van der Waals surface area contributed by atoms with Gasteiger partial charge in [0.2, 0.25) is 0 Å². The molecule has 0 aliphatic rings. The molecule has 20 heavy (non-hydrogen) atoms. The van der Waals surface area contributed by atoms with Crippen molar-refractivity contribution in [3.05, 3.63) is 41.4 Å². The van der Waals surface area contributed by atoms with Gasteiger partial charge in [0.1, 0.15) is 10.8 Å². The van der Waals surface area contributed by atoms with Gasteiger partial charge in [0.15, 0.2) is 0 Å². The van der Waals surface area contributed by atoms with E-state index < -0.39 is 0 Å². The zero-order chi connectivity index (χ0) is 14.1. The summed E-state index contributed by atoms with van der Waals surface area (Å²) in [6.07, 6.45) is 1.73. The third-order valence-electron chi connectivity index (χ3n) is 3.12. The van der Waals surface area contributed by atoms with Crippen LogP contribution in [0, 0.1) is 0 Å². The number of aromatic nitrogens is 3. The molecule has 0 atom stereocenters. The number of rotatable bonds is 3. The monoisotopic (exact) mass is 284 g/mol. The summed E-state index contributed by atoms with van der Waals surface area (Å²) in [5, 5.41) is 7.65. The maximum atomic E-state index is 5.90. The number of hydrogen-bond donors (Lipinski definition) is 2. The minimum atomic E-state index is 0.421. The minimum Gasteiger partial charge on any atom is -0.383 e. The molecule has 1 aromatic carbocycles. The van der Waals surface area contributed by atoms with Crippen LogP contribution in [0.2, 0.25) is 0 Å². The average molecular weight is 284 g/mol. The fraction of sp³-hybridized carbons (Fsp3) is 0.200. The highest BCUT2D eigenvalue weighted by molar-refractivity contribution is 7.15. The number of aromatic amines is 1. The fourth-order valence-corrected chi connectivity index (χ4v) is 3.22. The summed E-state index contributed by atoms with van der Waals surface area (Å²) in [4.78, 5) is 6.05.